The lowest BCUT2D eigenvalue weighted by Crippen LogP contribution is -2.15. The van der Waals surface area contributed by atoms with E-state index in [4.69, 9.17) is 10.5 Å². The van der Waals surface area contributed by atoms with Crippen molar-refractivity contribution in [2.24, 2.45) is 5.73 Å². The summed E-state index contributed by atoms with van der Waals surface area (Å²) in [5.74, 6) is 0.611. The van der Waals surface area contributed by atoms with Crippen LogP contribution in [0.4, 0.5) is 4.39 Å². The second-order valence-corrected chi connectivity index (χ2v) is 5.98. The van der Waals surface area contributed by atoms with Crippen molar-refractivity contribution in [2.45, 2.75) is 19.9 Å². The lowest BCUT2D eigenvalue weighted by molar-refractivity contribution is 0.411. The van der Waals surface area contributed by atoms with E-state index < -0.39 is 0 Å². The predicted molar refractivity (Wildman–Crippen MR) is 87.6 cm³/mol. The summed E-state index contributed by atoms with van der Waals surface area (Å²) >= 11 is 2.12. The van der Waals surface area contributed by atoms with Gasteiger partial charge in [0.25, 0.3) is 0 Å². The van der Waals surface area contributed by atoms with Crippen LogP contribution in [0.2, 0.25) is 0 Å². The Bertz CT molecular complexity index is 643. The van der Waals surface area contributed by atoms with Crippen LogP contribution in [0.25, 0.3) is 0 Å². The minimum atomic E-state index is -0.271. The van der Waals surface area contributed by atoms with Gasteiger partial charge in [0, 0.05) is 3.57 Å². The largest absolute Gasteiger partial charge is 0.496 e. The summed E-state index contributed by atoms with van der Waals surface area (Å²) in [6, 6.07) is 8.46. The molecule has 0 heterocycles. The van der Waals surface area contributed by atoms with E-state index in [1.165, 1.54) is 12.1 Å². The van der Waals surface area contributed by atoms with Gasteiger partial charge in [-0.25, -0.2) is 4.39 Å². The van der Waals surface area contributed by atoms with Gasteiger partial charge >= 0.3 is 0 Å². The van der Waals surface area contributed by atoms with Crippen molar-refractivity contribution in [1.29, 1.82) is 0 Å². The molecule has 0 radical (unpaired) electrons. The Balaban J connectivity index is 2.48. The van der Waals surface area contributed by atoms with E-state index in [1.807, 2.05) is 26.0 Å². The van der Waals surface area contributed by atoms with Crippen molar-refractivity contribution in [2.75, 3.05) is 7.11 Å². The fourth-order valence-electron chi connectivity index (χ4n) is 2.29. The molecule has 0 aliphatic heterocycles. The molecule has 1 atom stereocenters. The molecule has 2 aromatic carbocycles. The molecule has 2 aromatic rings. The molecule has 4 heteroatoms. The lowest BCUT2D eigenvalue weighted by Gasteiger charge is -2.19. The molecular weight excluding hydrogens is 368 g/mol. The quantitative estimate of drug-likeness (QED) is 0.808. The van der Waals surface area contributed by atoms with Crippen LogP contribution in [0.3, 0.4) is 0 Å². The van der Waals surface area contributed by atoms with Gasteiger partial charge in [0.15, 0.2) is 0 Å². The molecule has 0 bridgehead atoms. The van der Waals surface area contributed by atoms with Gasteiger partial charge in [0.2, 0.25) is 0 Å². The summed E-state index contributed by atoms with van der Waals surface area (Å²) in [6.07, 6.45) is 0. The van der Waals surface area contributed by atoms with Crippen LogP contribution >= 0.6 is 22.6 Å². The van der Waals surface area contributed by atoms with Crippen molar-refractivity contribution in [1.82, 2.24) is 0 Å². The van der Waals surface area contributed by atoms with Gasteiger partial charge in [0.05, 0.1) is 13.2 Å². The summed E-state index contributed by atoms with van der Waals surface area (Å²) in [4.78, 5) is 0. The molecule has 0 aliphatic rings. The van der Waals surface area contributed by atoms with Gasteiger partial charge < -0.3 is 10.5 Å². The van der Waals surface area contributed by atoms with Crippen molar-refractivity contribution in [3.8, 4) is 5.75 Å². The maximum atomic E-state index is 13.2. The molecule has 0 aromatic heterocycles. The Hall–Kier alpha value is -1.14. The molecule has 2 N–H and O–H groups in total. The molecule has 0 saturated carbocycles. The molecular formula is C16H17FINO. The zero-order valence-corrected chi connectivity index (χ0v) is 13.9. The van der Waals surface area contributed by atoms with E-state index in [0.717, 1.165) is 31.6 Å². The third kappa shape index (κ3) is 2.96. The van der Waals surface area contributed by atoms with Gasteiger partial charge in [-0.3, -0.25) is 0 Å². The zero-order chi connectivity index (χ0) is 14.9. The number of hydrogen-bond acceptors (Lipinski definition) is 2. The van der Waals surface area contributed by atoms with E-state index in [2.05, 4.69) is 22.6 Å². The van der Waals surface area contributed by atoms with Gasteiger partial charge in [-0.2, -0.15) is 0 Å². The predicted octanol–water partition coefficient (Wildman–Crippen LogP) is 4.10. The SMILES string of the molecule is COc1cc(C)c(C(N)c2ccc(F)cc2I)cc1C. The molecule has 2 rings (SSSR count). The standard InChI is InChI=1S/C16H17FINO/c1-9-7-15(20-3)10(2)6-13(9)16(19)12-5-4-11(17)8-14(12)18/h4-8,16H,19H2,1-3H3. The van der Waals surface area contributed by atoms with Gasteiger partial charge in [-0.05, 0) is 76.9 Å². The van der Waals surface area contributed by atoms with E-state index in [9.17, 15) is 4.39 Å². The highest BCUT2D eigenvalue weighted by Gasteiger charge is 2.16. The van der Waals surface area contributed by atoms with Crippen molar-refractivity contribution < 1.29 is 9.13 Å². The Kier molecular flexibility index (Phi) is 4.65. The van der Waals surface area contributed by atoms with Gasteiger partial charge in [-0.15, -0.1) is 0 Å². The van der Waals surface area contributed by atoms with Crippen LogP contribution in [0.15, 0.2) is 30.3 Å². The summed E-state index contributed by atoms with van der Waals surface area (Å²) in [5, 5.41) is 0. The van der Waals surface area contributed by atoms with E-state index >= 15 is 0 Å². The van der Waals surface area contributed by atoms with Crippen LogP contribution in [-0.4, -0.2) is 7.11 Å². The Morgan fingerprint density at radius 1 is 1.10 bits per heavy atom. The number of ether oxygens (including phenoxy) is 1. The van der Waals surface area contributed by atoms with Crippen molar-refractivity contribution in [3.05, 3.63) is 62.0 Å². The fraction of sp³-hybridized carbons (Fsp3) is 0.250. The molecule has 2 nitrogen and oxygen atoms in total. The molecule has 20 heavy (non-hydrogen) atoms. The number of benzene rings is 2. The summed E-state index contributed by atoms with van der Waals surface area (Å²) < 4.78 is 19.3. The Morgan fingerprint density at radius 3 is 2.40 bits per heavy atom. The van der Waals surface area contributed by atoms with Crippen LogP contribution in [-0.2, 0) is 0 Å². The minimum Gasteiger partial charge on any atom is -0.496 e. The normalized spacial score (nSPS) is 12.3. The highest BCUT2D eigenvalue weighted by atomic mass is 127. The average Bonchev–Trinajstić information content (AvgIpc) is 2.40. The molecule has 1 unspecified atom stereocenters. The maximum absolute atomic E-state index is 13.2. The van der Waals surface area contributed by atoms with E-state index in [-0.39, 0.29) is 11.9 Å². The molecule has 0 amide bonds. The molecule has 0 fully saturated rings. The molecule has 106 valence electrons. The summed E-state index contributed by atoms with van der Waals surface area (Å²) in [5.41, 5.74) is 10.4. The van der Waals surface area contributed by atoms with E-state index in [1.54, 1.807) is 13.2 Å². The van der Waals surface area contributed by atoms with Crippen LogP contribution < -0.4 is 10.5 Å². The minimum absolute atomic E-state index is 0.243. The Labute approximate surface area is 132 Å². The highest BCUT2D eigenvalue weighted by molar-refractivity contribution is 14.1. The van der Waals surface area contributed by atoms with Crippen LogP contribution in [0.1, 0.15) is 28.3 Å². The van der Waals surface area contributed by atoms with Gasteiger partial charge in [0.1, 0.15) is 11.6 Å². The smallest absolute Gasteiger partial charge is 0.124 e. The van der Waals surface area contributed by atoms with Crippen molar-refractivity contribution >= 4 is 22.6 Å². The summed E-state index contributed by atoms with van der Waals surface area (Å²) in [7, 11) is 1.66. The first kappa shape index (κ1) is 15.3. The topological polar surface area (TPSA) is 35.2 Å². The molecule has 0 saturated heterocycles. The first-order chi connectivity index (χ1) is 9.43. The Morgan fingerprint density at radius 2 is 1.80 bits per heavy atom. The number of rotatable bonds is 3. The lowest BCUT2D eigenvalue weighted by atomic mass is 9.94. The highest BCUT2D eigenvalue weighted by Crippen LogP contribution is 2.31. The monoisotopic (exact) mass is 385 g/mol. The number of hydrogen-bond donors (Lipinski definition) is 1. The second-order valence-electron chi connectivity index (χ2n) is 4.82. The van der Waals surface area contributed by atoms with Gasteiger partial charge in [-0.1, -0.05) is 12.1 Å². The molecule has 0 spiro atoms. The van der Waals surface area contributed by atoms with Crippen molar-refractivity contribution in [3.63, 3.8) is 0 Å². The second kappa shape index (κ2) is 6.10. The summed E-state index contributed by atoms with van der Waals surface area (Å²) in [6.45, 7) is 4.00. The number of nitrogens with two attached hydrogens (primary N) is 1. The number of methoxy groups -OCH3 is 1. The number of halogens is 2. The van der Waals surface area contributed by atoms with Crippen LogP contribution in [0, 0.1) is 23.2 Å². The first-order valence-corrected chi connectivity index (χ1v) is 7.37. The average molecular weight is 385 g/mol. The third-order valence-electron chi connectivity index (χ3n) is 3.42. The maximum Gasteiger partial charge on any atom is 0.124 e. The van der Waals surface area contributed by atoms with E-state index in [0.29, 0.717) is 0 Å². The first-order valence-electron chi connectivity index (χ1n) is 6.29. The zero-order valence-electron chi connectivity index (χ0n) is 11.7. The van der Waals surface area contributed by atoms with Crippen LogP contribution in [0.5, 0.6) is 5.75 Å². The third-order valence-corrected chi connectivity index (χ3v) is 4.35. The fourth-order valence-corrected chi connectivity index (χ4v) is 3.10. The number of aryl methyl sites for hydroxylation is 2. The molecule has 0 aliphatic carbocycles.